The quantitative estimate of drug-likeness (QED) is 0.771. The molecule has 0 aliphatic carbocycles. The van der Waals surface area contributed by atoms with Crippen molar-refractivity contribution in [3.05, 3.63) is 29.8 Å². The molecule has 0 aromatic heterocycles. The maximum atomic E-state index is 12.5. The van der Waals surface area contributed by atoms with E-state index in [4.69, 9.17) is 0 Å². The molecule has 0 unspecified atom stereocenters. The average molecular weight is 368 g/mol. The lowest BCUT2D eigenvalue weighted by atomic mass is 9.81. The summed E-state index contributed by atoms with van der Waals surface area (Å²) >= 11 is 0. The Hall–Kier alpha value is -1.44. The predicted octanol–water partition coefficient (Wildman–Crippen LogP) is 1.84. The van der Waals surface area contributed by atoms with Crippen LogP contribution in [0.4, 0.5) is 0 Å². The van der Waals surface area contributed by atoms with Crippen LogP contribution in [-0.4, -0.2) is 51.4 Å². The van der Waals surface area contributed by atoms with Gasteiger partial charge in [-0.25, -0.2) is 8.42 Å². The van der Waals surface area contributed by atoms with E-state index < -0.39 is 10.0 Å². The largest absolute Gasteiger partial charge is 0.351 e. The van der Waals surface area contributed by atoms with E-state index in [-0.39, 0.29) is 16.2 Å². The highest BCUT2D eigenvalue weighted by molar-refractivity contribution is 7.89. The summed E-state index contributed by atoms with van der Waals surface area (Å²) in [6, 6.07) is 6.18. The number of piperidine rings is 1. The monoisotopic (exact) mass is 367 g/mol. The fourth-order valence-corrected chi connectivity index (χ4v) is 4.55. The lowest BCUT2D eigenvalue weighted by Crippen LogP contribution is -2.42. The van der Waals surface area contributed by atoms with Crippen LogP contribution < -0.4 is 10.6 Å². The van der Waals surface area contributed by atoms with Crippen LogP contribution >= 0.6 is 0 Å². The van der Waals surface area contributed by atoms with E-state index in [0.717, 1.165) is 25.9 Å². The molecule has 1 aromatic rings. The number of rotatable bonds is 7. The fourth-order valence-electron chi connectivity index (χ4n) is 3.09. The smallest absolute Gasteiger partial charge is 0.251 e. The maximum Gasteiger partial charge on any atom is 0.251 e. The Morgan fingerprint density at radius 1 is 1.16 bits per heavy atom. The molecular weight excluding hydrogens is 338 g/mol. The number of benzene rings is 1. The third-order valence-electron chi connectivity index (χ3n) is 4.95. The first kappa shape index (κ1) is 19.9. The van der Waals surface area contributed by atoms with Gasteiger partial charge in [0.05, 0.1) is 4.90 Å². The van der Waals surface area contributed by atoms with Gasteiger partial charge in [0.2, 0.25) is 10.0 Å². The second kappa shape index (κ2) is 8.29. The minimum absolute atomic E-state index is 0.118. The van der Waals surface area contributed by atoms with Crippen molar-refractivity contribution < 1.29 is 13.2 Å². The van der Waals surface area contributed by atoms with Crippen molar-refractivity contribution in [1.29, 1.82) is 0 Å². The van der Waals surface area contributed by atoms with E-state index in [1.807, 2.05) is 13.8 Å². The Morgan fingerprint density at radius 2 is 1.72 bits per heavy atom. The van der Waals surface area contributed by atoms with Crippen LogP contribution in [0.25, 0.3) is 0 Å². The average Bonchev–Trinajstić information content (AvgIpc) is 2.61. The number of nitrogens with zero attached hydrogens (tertiary/aromatic N) is 1. The van der Waals surface area contributed by atoms with Crippen LogP contribution in [0.1, 0.15) is 44.0 Å². The molecule has 6 nitrogen and oxygen atoms in total. The van der Waals surface area contributed by atoms with Gasteiger partial charge in [-0.3, -0.25) is 4.79 Å². The highest BCUT2D eigenvalue weighted by atomic mass is 32.2. The van der Waals surface area contributed by atoms with Gasteiger partial charge >= 0.3 is 0 Å². The van der Waals surface area contributed by atoms with Crippen LogP contribution in [0.15, 0.2) is 29.2 Å². The van der Waals surface area contributed by atoms with Gasteiger partial charge in [-0.1, -0.05) is 20.8 Å². The minimum Gasteiger partial charge on any atom is -0.351 e. The van der Waals surface area contributed by atoms with Gasteiger partial charge in [0.15, 0.2) is 0 Å². The molecule has 2 N–H and O–H groups in total. The van der Waals surface area contributed by atoms with Crippen molar-refractivity contribution in [2.75, 3.05) is 32.7 Å². The molecule has 1 heterocycles. The van der Waals surface area contributed by atoms with Gasteiger partial charge in [-0.2, -0.15) is 4.31 Å². The third-order valence-corrected chi connectivity index (χ3v) is 7.01. The fraction of sp³-hybridized carbons (Fsp3) is 0.611. The van der Waals surface area contributed by atoms with E-state index in [1.54, 1.807) is 12.1 Å². The van der Waals surface area contributed by atoms with E-state index in [9.17, 15) is 13.2 Å². The van der Waals surface area contributed by atoms with Crippen molar-refractivity contribution in [2.45, 2.75) is 38.5 Å². The molecule has 25 heavy (non-hydrogen) atoms. The number of hydrogen-bond donors (Lipinski definition) is 2. The Labute approximate surface area is 151 Å². The number of sulfonamides is 1. The Morgan fingerprint density at radius 3 is 2.24 bits per heavy atom. The molecular formula is C18H29N3O3S. The summed E-state index contributed by atoms with van der Waals surface area (Å²) in [5.41, 5.74) is 0.600. The van der Waals surface area contributed by atoms with Gasteiger partial charge < -0.3 is 10.6 Å². The zero-order chi connectivity index (χ0) is 18.5. The molecule has 1 aliphatic rings. The molecule has 7 heteroatoms. The first-order chi connectivity index (χ1) is 11.8. The number of hydrogen-bond acceptors (Lipinski definition) is 4. The maximum absolute atomic E-state index is 12.5. The SMILES string of the molecule is CCN(CC)S(=O)(=O)c1ccc(C(=O)NCC2(C)CCNCC2)cc1. The molecule has 0 atom stereocenters. The summed E-state index contributed by atoms with van der Waals surface area (Å²) in [6.45, 7) is 9.24. The Balaban J connectivity index is 2.03. The molecule has 0 saturated carbocycles. The van der Waals surface area contributed by atoms with Gasteiger partial charge in [0, 0.05) is 25.2 Å². The minimum atomic E-state index is -3.49. The third kappa shape index (κ3) is 4.80. The van der Waals surface area contributed by atoms with Crippen molar-refractivity contribution in [2.24, 2.45) is 5.41 Å². The molecule has 0 spiro atoms. The van der Waals surface area contributed by atoms with Gasteiger partial charge in [0.25, 0.3) is 5.91 Å². The molecule has 1 saturated heterocycles. The molecule has 1 aliphatic heterocycles. The van der Waals surface area contributed by atoms with Crippen molar-refractivity contribution in [1.82, 2.24) is 14.9 Å². The number of carbonyl (C=O) groups is 1. The van der Waals surface area contributed by atoms with Crippen molar-refractivity contribution in [3.8, 4) is 0 Å². The second-order valence-corrected chi connectivity index (χ2v) is 8.79. The molecule has 1 amide bonds. The van der Waals surface area contributed by atoms with Crippen LogP contribution in [0.3, 0.4) is 0 Å². The van der Waals surface area contributed by atoms with E-state index in [2.05, 4.69) is 17.6 Å². The molecule has 140 valence electrons. The highest BCUT2D eigenvalue weighted by Gasteiger charge is 2.27. The molecule has 1 fully saturated rings. The first-order valence-electron chi connectivity index (χ1n) is 8.91. The Kier molecular flexibility index (Phi) is 6.59. The number of nitrogens with one attached hydrogen (secondary N) is 2. The standard InChI is InChI=1S/C18H29N3O3S/c1-4-21(5-2)25(23,24)16-8-6-15(7-9-16)17(22)20-14-18(3)10-12-19-13-11-18/h6-9,19H,4-5,10-14H2,1-3H3,(H,20,22). The summed E-state index contributed by atoms with van der Waals surface area (Å²) < 4.78 is 26.3. The van der Waals surface area contributed by atoms with Crippen LogP contribution in [0.2, 0.25) is 0 Å². The van der Waals surface area contributed by atoms with Crippen LogP contribution in [0.5, 0.6) is 0 Å². The first-order valence-corrected chi connectivity index (χ1v) is 10.4. The predicted molar refractivity (Wildman–Crippen MR) is 99.1 cm³/mol. The van der Waals surface area contributed by atoms with E-state index >= 15 is 0 Å². The summed E-state index contributed by atoms with van der Waals surface area (Å²) in [5.74, 6) is -0.161. The van der Waals surface area contributed by atoms with Crippen molar-refractivity contribution >= 4 is 15.9 Å². The zero-order valence-electron chi connectivity index (χ0n) is 15.3. The van der Waals surface area contributed by atoms with Crippen molar-refractivity contribution in [3.63, 3.8) is 0 Å². The number of carbonyl (C=O) groups excluding carboxylic acids is 1. The Bertz CT molecular complexity index is 676. The lowest BCUT2D eigenvalue weighted by Gasteiger charge is -2.34. The van der Waals surface area contributed by atoms with E-state index in [0.29, 0.717) is 25.2 Å². The van der Waals surface area contributed by atoms with Gasteiger partial charge in [-0.05, 0) is 55.6 Å². The lowest BCUT2D eigenvalue weighted by molar-refractivity contribution is 0.0922. The molecule has 0 bridgehead atoms. The van der Waals surface area contributed by atoms with Gasteiger partial charge in [-0.15, -0.1) is 0 Å². The van der Waals surface area contributed by atoms with Gasteiger partial charge in [0.1, 0.15) is 0 Å². The second-order valence-electron chi connectivity index (χ2n) is 6.86. The summed E-state index contributed by atoms with van der Waals surface area (Å²) in [7, 11) is -3.49. The van der Waals surface area contributed by atoms with E-state index in [1.165, 1.54) is 16.4 Å². The number of amides is 1. The normalized spacial score (nSPS) is 17.4. The summed E-state index contributed by atoms with van der Waals surface area (Å²) in [6.07, 6.45) is 2.07. The summed E-state index contributed by atoms with van der Waals surface area (Å²) in [4.78, 5) is 12.6. The summed E-state index contributed by atoms with van der Waals surface area (Å²) in [5, 5.41) is 6.31. The van der Waals surface area contributed by atoms with Crippen LogP contribution in [0, 0.1) is 5.41 Å². The topological polar surface area (TPSA) is 78.5 Å². The molecule has 1 aromatic carbocycles. The van der Waals surface area contributed by atoms with Crippen LogP contribution in [-0.2, 0) is 10.0 Å². The molecule has 0 radical (unpaired) electrons. The zero-order valence-corrected chi connectivity index (χ0v) is 16.2. The molecule has 2 rings (SSSR count). The highest BCUT2D eigenvalue weighted by Crippen LogP contribution is 2.26.